The molecule has 130 valence electrons. The third-order valence-electron chi connectivity index (χ3n) is 3.51. The van der Waals surface area contributed by atoms with E-state index in [0.717, 1.165) is 17.7 Å². The van der Waals surface area contributed by atoms with Gasteiger partial charge in [0, 0.05) is 12.2 Å². The van der Waals surface area contributed by atoms with Crippen LogP contribution in [0.1, 0.15) is 39.7 Å². The van der Waals surface area contributed by atoms with Crippen molar-refractivity contribution in [1.29, 1.82) is 0 Å². The summed E-state index contributed by atoms with van der Waals surface area (Å²) >= 11 is 1.26. The fourth-order valence-corrected chi connectivity index (χ4v) is 3.17. The molecule has 6 nitrogen and oxygen atoms in total. The standard InChI is InChI=1S/C17H24N4O2S/c1-5-10-21-15(23)19-20-16(21)24-11-14(22)18-13-9-7-6-8-12(13)17(2,3)4/h6-9H,5,10-11H2,1-4H3,(H,18,22)(H,19,23). The highest BCUT2D eigenvalue weighted by molar-refractivity contribution is 7.99. The van der Waals surface area contributed by atoms with Gasteiger partial charge in [0.2, 0.25) is 5.91 Å². The van der Waals surface area contributed by atoms with Crippen LogP contribution in [-0.4, -0.2) is 26.4 Å². The lowest BCUT2D eigenvalue weighted by Gasteiger charge is -2.22. The molecule has 0 unspecified atom stereocenters. The van der Waals surface area contributed by atoms with Crippen LogP contribution in [-0.2, 0) is 16.8 Å². The number of carbonyl (C=O) groups excluding carboxylic acids is 1. The number of aromatic amines is 1. The molecule has 0 aliphatic carbocycles. The quantitative estimate of drug-likeness (QED) is 0.787. The Kier molecular flexibility index (Phi) is 5.88. The van der Waals surface area contributed by atoms with E-state index in [2.05, 4.69) is 36.3 Å². The molecule has 0 saturated heterocycles. The first-order chi connectivity index (χ1) is 11.3. The number of nitrogens with one attached hydrogen (secondary N) is 2. The molecule has 2 aromatic rings. The van der Waals surface area contributed by atoms with Crippen molar-refractivity contribution in [2.24, 2.45) is 0 Å². The summed E-state index contributed by atoms with van der Waals surface area (Å²) in [5.41, 5.74) is 1.62. The second-order valence-electron chi connectivity index (χ2n) is 6.60. The molecule has 0 saturated carbocycles. The zero-order valence-corrected chi connectivity index (χ0v) is 15.4. The van der Waals surface area contributed by atoms with Gasteiger partial charge in [0.15, 0.2) is 5.16 Å². The Balaban J connectivity index is 2.04. The average molecular weight is 348 g/mol. The number of hydrogen-bond acceptors (Lipinski definition) is 4. The summed E-state index contributed by atoms with van der Waals surface area (Å²) in [7, 11) is 0. The minimum Gasteiger partial charge on any atom is -0.325 e. The first-order valence-corrected chi connectivity index (χ1v) is 8.99. The van der Waals surface area contributed by atoms with Gasteiger partial charge in [-0.3, -0.25) is 9.36 Å². The second-order valence-corrected chi connectivity index (χ2v) is 7.54. The van der Waals surface area contributed by atoms with E-state index < -0.39 is 0 Å². The van der Waals surface area contributed by atoms with Gasteiger partial charge >= 0.3 is 5.69 Å². The van der Waals surface area contributed by atoms with Crippen LogP contribution in [0.4, 0.5) is 5.69 Å². The minimum atomic E-state index is -0.238. The van der Waals surface area contributed by atoms with Crippen molar-refractivity contribution in [2.45, 2.75) is 51.2 Å². The molecule has 0 fully saturated rings. The molecule has 7 heteroatoms. The Bertz CT molecular complexity index is 758. The van der Waals surface area contributed by atoms with E-state index in [-0.39, 0.29) is 22.8 Å². The molecule has 0 spiro atoms. The average Bonchev–Trinajstić information content (AvgIpc) is 2.86. The van der Waals surface area contributed by atoms with E-state index in [9.17, 15) is 9.59 Å². The Labute approximate surface area is 146 Å². The van der Waals surface area contributed by atoms with Crippen LogP contribution in [0, 0.1) is 0 Å². The minimum absolute atomic E-state index is 0.0547. The van der Waals surface area contributed by atoms with Gasteiger partial charge < -0.3 is 5.32 Å². The number of thioether (sulfide) groups is 1. The molecule has 1 aromatic carbocycles. The Morgan fingerprint density at radius 2 is 2.04 bits per heavy atom. The molecular weight excluding hydrogens is 324 g/mol. The Morgan fingerprint density at radius 3 is 2.71 bits per heavy atom. The van der Waals surface area contributed by atoms with Gasteiger partial charge in [-0.25, -0.2) is 9.89 Å². The SMILES string of the molecule is CCCn1c(SCC(=O)Nc2ccccc2C(C)(C)C)n[nH]c1=O. The van der Waals surface area contributed by atoms with Crippen molar-refractivity contribution in [3.63, 3.8) is 0 Å². The summed E-state index contributed by atoms with van der Waals surface area (Å²) < 4.78 is 1.56. The van der Waals surface area contributed by atoms with Crippen LogP contribution in [0.5, 0.6) is 0 Å². The topological polar surface area (TPSA) is 79.8 Å². The number of aromatic nitrogens is 3. The molecule has 0 bridgehead atoms. The van der Waals surface area contributed by atoms with E-state index in [1.807, 2.05) is 31.2 Å². The molecule has 1 heterocycles. The maximum atomic E-state index is 12.3. The van der Waals surface area contributed by atoms with Crippen molar-refractivity contribution in [3.8, 4) is 0 Å². The second kappa shape index (κ2) is 7.70. The van der Waals surface area contributed by atoms with Gasteiger partial charge in [-0.15, -0.1) is 5.10 Å². The molecule has 0 aliphatic rings. The fourth-order valence-electron chi connectivity index (χ4n) is 2.40. The maximum Gasteiger partial charge on any atom is 0.343 e. The van der Waals surface area contributed by atoms with Crippen LogP contribution in [0.3, 0.4) is 0 Å². The summed E-state index contributed by atoms with van der Waals surface area (Å²) in [5, 5.41) is 9.91. The molecule has 1 amide bonds. The number of nitrogens with zero attached hydrogens (tertiary/aromatic N) is 2. The lowest BCUT2D eigenvalue weighted by Crippen LogP contribution is -2.20. The van der Waals surface area contributed by atoms with Gasteiger partial charge in [-0.2, -0.15) is 0 Å². The highest BCUT2D eigenvalue weighted by Crippen LogP contribution is 2.29. The zero-order valence-electron chi connectivity index (χ0n) is 14.5. The highest BCUT2D eigenvalue weighted by atomic mass is 32.2. The van der Waals surface area contributed by atoms with Gasteiger partial charge in [0.05, 0.1) is 5.75 Å². The van der Waals surface area contributed by atoms with Crippen LogP contribution >= 0.6 is 11.8 Å². The van der Waals surface area contributed by atoms with Crippen LogP contribution in [0.25, 0.3) is 0 Å². The van der Waals surface area contributed by atoms with E-state index >= 15 is 0 Å². The first-order valence-electron chi connectivity index (χ1n) is 8.00. The van der Waals surface area contributed by atoms with E-state index in [0.29, 0.717) is 11.7 Å². The first kappa shape index (κ1) is 18.3. The predicted molar refractivity (Wildman–Crippen MR) is 97.6 cm³/mol. The smallest absolute Gasteiger partial charge is 0.325 e. The van der Waals surface area contributed by atoms with Gasteiger partial charge in [-0.1, -0.05) is 57.7 Å². The van der Waals surface area contributed by atoms with Crippen molar-refractivity contribution in [3.05, 3.63) is 40.3 Å². The summed E-state index contributed by atoms with van der Waals surface area (Å²) in [6, 6.07) is 7.81. The number of H-pyrrole nitrogens is 1. The monoisotopic (exact) mass is 348 g/mol. The molecule has 2 rings (SSSR count). The Hall–Kier alpha value is -2.02. The molecule has 0 radical (unpaired) electrons. The number of rotatable bonds is 6. The third kappa shape index (κ3) is 4.50. The fraction of sp³-hybridized carbons (Fsp3) is 0.471. The van der Waals surface area contributed by atoms with Gasteiger partial charge in [-0.05, 0) is 23.5 Å². The molecule has 1 aromatic heterocycles. The van der Waals surface area contributed by atoms with Gasteiger partial charge in [0.1, 0.15) is 0 Å². The number of para-hydroxylation sites is 1. The van der Waals surface area contributed by atoms with E-state index in [4.69, 9.17) is 0 Å². The third-order valence-corrected chi connectivity index (χ3v) is 4.49. The van der Waals surface area contributed by atoms with Crippen molar-refractivity contribution in [1.82, 2.24) is 14.8 Å². The Morgan fingerprint density at radius 1 is 1.33 bits per heavy atom. The maximum absolute atomic E-state index is 12.3. The van der Waals surface area contributed by atoms with Crippen LogP contribution in [0.2, 0.25) is 0 Å². The molecule has 0 atom stereocenters. The number of benzene rings is 1. The summed E-state index contributed by atoms with van der Waals surface area (Å²) in [6.45, 7) is 8.91. The summed E-state index contributed by atoms with van der Waals surface area (Å²) in [5.74, 6) is 0.0853. The molecule has 2 N–H and O–H groups in total. The lowest BCUT2D eigenvalue weighted by atomic mass is 9.86. The number of amides is 1. The van der Waals surface area contributed by atoms with Crippen molar-refractivity contribution < 1.29 is 4.79 Å². The molecule has 24 heavy (non-hydrogen) atoms. The van der Waals surface area contributed by atoms with E-state index in [1.54, 1.807) is 4.57 Å². The highest BCUT2D eigenvalue weighted by Gasteiger charge is 2.19. The molecular formula is C17H24N4O2S. The number of anilines is 1. The normalized spacial score (nSPS) is 11.5. The number of carbonyl (C=O) groups is 1. The van der Waals surface area contributed by atoms with Crippen LogP contribution in [0.15, 0.2) is 34.2 Å². The predicted octanol–water partition coefficient (Wildman–Crippen LogP) is 3.01. The number of hydrogen-bond donors (Lipinski definition) is 2. The zero-order chi connectivity index (χ0) is 17.7. The largest absolute Gasteiger partial charge is 0.343 e. The van der Waals surface area contributed by atoms with Crippen molar-refractivity contribution in [2.75, 3.05) is 11.1 Å². The lowest BCUT2D eigenvalue weighted by molar-refractivity contribution is -0.113. The molecule has 0 aliphatic heterocycles. The van der Waals surface area contributed by atoms with Gasteiger partial charge in [0.25, 0.3) is 0 Å². The summed E-state index contributed by atoms with van der Waals surface area (Å²) in [6.07, 6.45) is 0.832. The summed E-state index contributed by atoms with van der Waals surface area (Å²) in [4.78, 5) is 23.9. The van der Waals surface area contributed by atoms with Crippen molar-refractivity contribution >= 4 is 23.4 Å². The van der Waals surface area contributed by atoms with Crippen LogP contribution < -0.4 is 11.0 Å². The van der Waals surface area contributed by atoms with E-state index in [1.165, 1.54) is 11.8 Å².